The quantitative estimate of drug-likeness (QED) is 0.619. The molecule has 2 rings (SSSR count). The fourth-order valence-corrected chi connectivity index (χ4v) is 2.22. The highest BCUT2D eigenvalue weighted by Crippen LogP contribution is 2.40. The smallest absolute Gasteiger partial charge is 0.320 e. The molecule has 0 N–H and O–H groups in total. The first-order chi connectivity index (χ1) is 9.39. The van der Waals surface area contributed by atoms with Gasteiger partial charge >= 0.3 is 11.9 Å². The summed E-state index contributed by atoms with van der Waals surface area (Å²) in [4.78, 5) is 23.0. The van der Waals surface area contributed by atoms with Gasteiger partial charge < -0.3 is 18.9 Å². The number of aryl methyl sites for hydroxylation is 1. The highest BCUT2D eigenvalue weighted by Gasteiger charge is 2.43. The summed E-state index contributed by atoms with van der Waals surface area (Å²) in [6.45, 7) is 3.32. The van der Waals surface area contributed by atoms with E-state index in [0.29, 0.717) is 17.1 Å². The highest BCUT2D eigenvalue weighted by atomic mass is 16.7. The SMILES string of the molecule is COc1cc(C)c(OC)c(C2(C)OC(=O)CC(=O)O2)c1. The molecule has 1 aromatic rings. The fourth-order valence-electron chi connectivity index (χ4n) is 2.22. The van der Waals surface area contributed by atoms with Gasteiger partial charge in [-0.25, -0.2) is 0 Å². The van der Waals surface area contributed by atoms with Crippen LogP contribution in [0.4, 0.5) is 0 Å². The summed E-state index contributed by atoms with van der Waals surface area (Å²) in [7, 11) is 3.01. The summed E-state index contributed by atoms with van der Waals surface area (Å²) in [5, 5.41) is 0. The second kappa shape index (κ2) is 5.03. The van der Waals surface area contributed by atoms with E-state index in [4.69, 9.17) is 18.9 Å². The highest BCUT2D eigenvalue weighted by molar-refractivity contribution is 5.93. The van der Waals surface area contributed by atoms with E-state index in [0.717, 1.165) is 5.56 Å². The molecule has 1 aliphatic rings. The zero-order chi connectivity index (χ0) is 14.9. The van der Waals surface area contributed by atoms with Crippen LogP contribution in [0.25, 0.3) is 0 Å². The van der Waals surface area contributed by atoms with Crippen molar-refractivity contribution in [2.24, 2.45) is 0 Å². The molecule has 1 saturated heterocycles. The molecule has 0 unspecified atom stereocenters. The predicted molar refractivity (Wildman–Crippen MR) is 68.4 cm³/mol. The normalized spacial score (nSPS) is 17.2. The van der Waals surface area contributed by atoms with Gasteiger partial charge in [-0.05, 0) is 24.6 Å². The number of esters is 2. The number of ether oxygens (including phenoxy) is 4. The number of cyclic esters (lactones) is 2. The molecule has 0 saturated carbocycles. The van der Waals surface area contributed by atoms with Crippen molar-refractivity contribution in [2.45, 2.75) is 26.1 Å². The van der Waals surface area contributed by atoms with E-state index in [-0.39, 0.29) is 6.42 Å². The van der Waals surface area contributed by atoms with E-state index in [2.05, 4.69) is 0 Å². The van der Waals surface area contributed by atoms with Gasteiger partial charge in [-0.15, -0.1) is 0 Å². The third-order valence-electron chi connectivity index (χ3n) is 3.08. The molecule has 108 valence electrons. The van der Waals surface area contributed by atoms with Crippen molar-refractivity contribution in [1.82, 2.24) is 0 Å². The third kappa shape index (κ3) is 2.41. The number of carbonyl (C=O) groups excluding carboxylic acids is 2. The van der Waals surface area contributed by atoms with Crippen LogP contribution >= 0.6 is 0 Å². The first kappa shape index (κ1) is 14.2. The van der Waals surface area contributed by atoms with Crippen LogP contribution in [-0.4, -0.2) is 26.2 Å². The van der Waals surface area contributed by atoms with Gasteiger partial charge in [0.15, 0.2) is 0 Å². The maximum Gasteiger partial charge on any atom is 0.320 e. The van der Waals surface area contributed by atoms with Crippen molar-refractivity contribution >= 4 is 11.9 Å². The maximum atomic E-state index is 11.5. The minimum atomic E-state index is -1.52. The molecule has 0 aromatic heterocycles. The molecule has 1 aliphatic heterocycles. The van der Waals surface area contributed by atoms with Gasteiger partial charge in [-0.3, -0.25) is 9.59 Å². The van der Waals surface area contributed by atoms with Gasteiger partial charge in [0.05, 0.1) is 19.8 Å². The van der Waals surface area contributed by atoms with E-state index in [9.17, 15) is 9.59 Å². The van der Waals surface area contributed by atoms with Crippen LogP contribution in [-0.2, 0) is 24.8 Å². The van der Waals surface area contributed by atoms with Crippen LogP contribution in [0.1, 0.15) is 24.5 Å². The minimum absolute atomic E-state index is 0.388. The minimum Gasteiger partial charge on any atom is -0.497 e. The topological polar surface area (TPSA) is 71.1 Å². The van der Waals surface area contributed by atoms with Crippen LogP contribution in [0.3, 0.4) is 0 Å². The maximum absolute atomic E-state index is 11.5. The Hall–Kier alpha value is -2.24. The van der Waals surface area contributed by atoms with Crippen LogP contribution in [0.5, 0.6) is 11.5 Å². The fraction of sp³-hybridized carbons (Fsp3) is 0.429. The number of benzene rings is 1. The van der Waals surface area contributed by atoms with Crippen molar-refractivity contribution in [3.63, 3.8) is 0 Å². The lowest BCUT2D eigenvalue weighted by Crippen LogP contribution is -2.40. The lowest BCUT2D eigenvalue weighted by atomic mass is 10.0. The van der Waals surface area contributed by atoms with Crippen LogP contribution in [0.2, 0.25) is 0 Å². The average molecular weight is 280 g/mol. The van der Waals surface area contributed by atoms with Gasteiger partial charge in [0.25, 0.3) is 5.79 Å². The summed E-state index contributed by atoms with van der Waals surface area (Å²) in [6.07, 6.45) is -0.388. The standard InChI is InChI=1S/C14H16O6/c1-8-5-9(17-3)6-10(13(8)18-4)14(2)19-11(15)7-12(16)20-14/h5-6H,7H2,1-4H3. The largest absolute Gasteiger partial charge is 0.497 e. The molecule has 0 atom stereocenters. The third-order valence-corrected chi connectivity index (χ3v) is 3.08. The Morgan fingerprint density at radius 2 is 1.70 bits per heavy atom. The Bertz CT molecular complexity index is 547. The van der Waals surface area contributed by atoms with Crippen LogP contribution in [0.15, 0.2) is 12.1 Å². The molecular weight excluding hydrogens is 264 g/mol. The Morgan fingerprint density at radius 3 is 2.20 bits per heavy atom. The number of rotatable bonds is 3. The summed E-state index contributed by atoms with van der Waals surface area (Å²) in [5.74, 6) is -1.75. The van der Waals surface area contributed by atoms with Crippen molar-refractivity contribution < 1.29 is 28.5 Å². The van der Waals surface area contributed by atoms with Crippen molar-refractivity contribution in [3.05, 3.63) is 23.3 Å². The van der Waals surface area contributed by atoms with E-state index in [1.165, 1.54) is 21.1 Å². The molecule has 1 heterocycles. The molecular formula is C14H16O6. The first-order valence-electron chi connectivity index (χ1n) is 6.06. The molecule has 1 aromatic carbocycles. The molecule has 0 amide bonds. The molecule has 6 heteroatoms. The molecule has 6 nitrogen and oxygen atoms in total. The summed E-state index contributed by atoms with van der Waals surface area (Å²) in [6, 6.07) is 3.40. The summed E-state index contributed by atoms with van der Waals surface area (Å²) in [5.41, 5.74) is 1.21. The average Bonchev–Trinajstić information content (AvgIpc) is 2.36. The van der Waals surface area contributed by atoms with Gasteiger partial charge in [-0.2, -0.15) is 0 Å². The van der Waals surface area contributed by atoms with Crippen LogP contribution < -0.4 is 9.47 Å². The van der Waals surface area contributed by atoms with Gasteiger partial charge in [0.1, 0.15) is 17.9 Å². The second-order valence-corrected chi connectivity index (χ2v) is 4.60. The van der Waals surface area contributed by atoms with Crippen LogP contribution in [0, 0.1) is 6.92 Å². The Balaban J connectivity index is 2.57. The Kier molecular flexibility index (Phi) is 3.57. The Morgan fingerprint density at radius 1 is 1.10 bits per heavy atom. The van der Waals surface area contributed by atoms with E-state index >= 15 is 0 Å². The molecule has 1 fully saturated rings. The molecule has 0 spiro atoms. The van der Waals surface area contributed by atoms with E-state index < -0.39 is 17.7 Å². The Labute approximate surface area is 116 Å². The summed E-state index contributed by atoms with van der Waals surface area (Å²) < 4.78 is 20.9. The summed E-state index contributed by atoms with van der Waals surface area (Å²) >= 11 is 0. The monoisotopic (exact) mass is 280 g/mol. The van der Waals surface area contributed by atoms with Gasteiger partial charge in [0.2, 0.25) is 0 Å². The zero-order valence-electron chi connectivity index (χ0n) is 11.8. The van der Waals surface area contributed by atoms with Gasteiger partial charge in [-0.1, -0.05) is 0 Å². The van der Waals surface area contributed by atoms with Gasteiger partial charge in [0, 0.05) is 6.92 Å². The van der Waals surface area contributed by atoms with Crippen molar-refractivity contribution in [2.75, 3.05) is 14.2 Å². The number of carbonyl (C=O) groups is 2. The molecule has 20 heavy (non-hydrogen) atoms. The molecule has 0 radical (unpaired) electrons. The lowest BCUT2D eigenvalue weighted by molar-refractivity contribution is -0.243. The molecule has 0 bridgehead atoms. The van der Waals surface area contributed by atoms with Crippen molar-refractivity contribution in [1.29, 1.82) is 0 Å². The number of hydrogen-bond acceptors (Lipinski definition) is 6. The number of hydrogen-bond donors (Lipinski definition) is 0. The van der Waals surface area contributed by atoms with E-state index in [1.807, 2.05) is 6.92 Å². The number of methoxy groups -OCH3 is 2. The predicted octanol–water partition coefficient (Wildman–Crippen LogP) is 1.68. The first-order valence-corrected chi connectivity index (χ1v) is 6.06. The molecule has 0 aliphatic carbocycles. The van der Waals surface area contributed by atoms with E-state index in [1.54, 1.807) is 12.1 Å². The van der Waals surface area contributed by atoms with Crippen molar-refractivity contribution in [3.8, 4) is 11.5 Å². The second-order valence-electron chi connectivity index (χ2n) is 4.60. The zero-order valence-corrected chi connectivity index (χ0v) is 11.8. The lowest BCUT2D eigenvalue weighted by Gasteiger charge is -2.34.